The molecule has 0 saturated carbocycles. The number of benzene rings is 4. The second kappa shape index (κ2) is 9.19. The minimum Gasteiger partial charge on any atom is -0.505 e. The van der Waals surface area contributed by atoms with Gasteiger partial charge in [-0.05, 0) is 41.8 Å². The van der Waals surface area contributed by atoms with Gasteiger partial charge in [0, 0.05) is 16.6 Å². The SMILES string of the molecule is COc1ccc(C(=O)Nc2ccccc2)cc1N=Nc1c(O)c(C(N)=O)cc2ccccc12. The Morgan fingerprint density at radius 1 is 0.939 bits per heavy atom. The number of hydrogen-bond acceptors (Lipinski definition) is 6. The summed E-state index contributed by atoms with van der Waals surface area (Å²) in [6.45, 7) is 0. The van der Waals surface area contributed by atoms with Crippen LogP contribution in [0.1, 0.15) is 20.7 Å². The van der Waals surface area contributed by atoms with Crippen molar-refractivity contribution in [2.45, 2.75) is 0 Å². The Hall–Kier alpha value is -4.72. The minimum absolute atomic E-state index is 0.0643. The van der Waals surface area contributed by atoms with Gasteiger partial charge in [-0.3, -0.25) is 9.59 Å². The van der Waals surface area contributed by atoms with Crippen LogP contribution in [0.25, 0.3) is 10.8 Å². The zero-order chi connectivity index (χ0) is 23.4. The molecule has 0 spiro atoms. The van der Waals surface area contributed by atoms with Crippen molar-refractivity contribution >= 4 is 39.6 Å². The van der Waals surface area contributed by atoms with Gasteiger partial charge in [-0.25, -0.2) is 0 Å². The number of amides is 2. The van der Waals surface area contributed by atoms with Crippen molar-refractivity contribution in [3.05, 3.63) is 90.0 Å². The third-order valence-corrected chi connectivity index (χ3v) is 4.99. The molecule has 4 rings (SSSR count). The van der Waals surface area contributed by atoms with Gasteiger partial charge in [-0.1, -0.05) is 42.5 Å². The number of nitrogens with one attached hydrogen (secondary N) is 1. The first-order valence-electron chi connectivity index (χ1n) is 9.98. The molecule has 4 N–H and O–H groups in total. The number of rotatable bonds is 6. The van der Waals surface area contributed by atoms with Crippen LogP contribution in [0.3, 0.4) is 0 Å². The predicted octanol–water partition coefficient (Wildman–Crippen LogP) is 5.32. The molecule has 4 aromatic carbocycles. The highest BCUT2D eigenvalue weighted by atomic mass is 16.5. The monoisotopic (exact) mass is 440 g/mol. The van der Waals surface area contributed by atoms with Gasteiger partial charge in [0.05, 0.1) is 12.7 Å². The summed E-state index contributed by atoms with van der Waals surface area (Å²) in [5.74, 6) is -1.11. The Morgan fingerprint density at radius 3 is 2.39 bits per heavy atom. The Bertz CT molecular complexity index is 1380. The standard InChI is InChI=1S/C25H20N4O4/c1-33-21-12-11-16(25(32)27-17-8-3-2-4-9-17)14-20(21)28-29-22-18-10-6-5-7-15(18)13-19(23(22)30)24(26)31/h2-14,30H,1H3,(H2,26,31)(H,27,32). The summed E-state index contributed by atoms with van der Waals surface area (Å²) in [6.07, 6.45) is 0. The highest BCUT2D eigenvalue weighted by molar-refractivity contribution is 6.06. The third kappa shape index (κ3) is 4.49. The number of nitrogens with two attached hydrogens (primary N) is 1. The molecule has 0 aliphatic rings. The van der Waals surface area contributed by atoms with E-state index in [1.165, 1.54) is 19.2 Å². The van der Waals surface area contributed by atoms with Crippen LogP contribution in [-0.2, 0) is 0 Å². The number of primary amides is 1. The molecule has 0 atom stereocenters. The fourth-order valence-electron chi connectivity index (χ4n) is 3.34. The number of phenols is 1. The molecule has 164 valence electrons. The fraction of sp³-hybridized carbons (Fsp3) is 0.0400. The van der Waals surface area contributed by atoms with E-state index in [2.05, 4.69) is 15.5 Å². The van der Waals surface area contributed by atoms with Gasteiger partial charge in [0.1, 0.15) is 17.1 Å². The summed E-state index contributed by atoms with van der Waals surface area (Å²) in [7, 11) is 1.47. The lowest BCUT2D eigenvalue weighted by Gasteiger charge is -2.10. The van der Waals surface area contributed by atoms with Gasteiger partial charge in [0.2, 0.25) is 0 Å². The van der Waals surface area contributed by atoms with E-state index in [-0.39, 0.29) is 28.6 Å². The molecular weight excluding hydrogens is 420 g/mol. The lowest BCUT2D eigenvalue weighted by atomic mass is 10.0. The van der Waals surface area contributed by atoms with E-state index in [0.29, 0.717) is 27.8 Å². The van der Waals surface area contributed by atoms with Crippen LogP contribution in [0.4, 0.5) is 17.1 Å². The maximum Gasteiger partial charge on any atom is 0.255 e. The van der Waals surface area contributed by atoms with E-state index in [0.717, 1.165) is 0 Å². The quantitative estimate of drug-likeness (QED) is 0.351. The van der Waals surface area contributed by atoms with E-state index in [1.807, 2.05) is 18.2 Å². The van der Waals surface area contributed by atoms with E-state index in [4.69, 9.17) is 10.5 Å². The van der Waals surface area contributed by atoms with E-state index >= 15 is 0 Å². The Kier molecular flexibility index (Phi) is 5.99. The third-order valence-electron chi connectivity index (χ3n) is 4.99. The topological polar surface area (TPSA) is 126 Å². The lowest BCUT2D eigenvalue weighted by molar-refractivity contribution is 0.0995. The summed E-state index contributed by atoms with van der Waals surface area (Å²) in [6, 6.07) is 22.4. The van der Waals surface area contributed by atoms with E-state index in [1.54, 1.807) is 48.5 Å². The van der Waals surface area contributed by atoms with Crippen LogP contribution in [-0.4, -0.2) is 24.0 Å². The molecule has 0 saturated heterocycles. The molecule has 8 heteroatoms. The van der Waals surface area contributed by atoms with Crippen molar-refractivity contribution in [1.82, 2.24) is 0 Å². The van der Waals surface area contributed by atoms with Crippen LogP contribution in [0.5, 0.6) is 11.5 Å². The van der Waals surface area contributed by atoms with Gasteiger partial charge in [-0.15, -0.1) is 10.2 Å². The first-order valence-corrected chi connectivity index (χ1v) is 9.98. The van der Waals surface area contributed by atoms with Crippen molar-refractivity contribution in [3.8, 4) is 11.5 Å². The molecule has 0 radical (unpaired) electrons. The molecule has 0 unspecified atom stereocenters. The number of para-hydroxylation sites is 1. The molecule has 8 nitrogen and oxygen atoms in total. The highest BCUT2D eigenvalue weighted by Gasteiger charge is 2.17. The molecule has 2 amide bonds. The summed E-state index contributed by atoms with van der Waals surface area (Å²) >= 11 is 0. The summed E-state index contributed by atoms with van der Waals surface area (Å²) < 4.78 is 5.34. The van der Waals surface area contributed by atoms with Crippen LogP contribution in [0, 0.1) is 0 Å². The van der Waals surface area contributed by atoms with Gasteiger partial charge in [0.25, 0.3) is 11.8 Å². The molecular formula is C25H20N4O4. The second-order valence-electron chi connectivity index (χ2n) is 7.11. The van der Waals surface area contributed by atoms with Gasteiger partial charge < -0.3 is 20.9 Å². The van der Waals surface area contributed by atoms with E-state index < -0.39 is 5.91 Å². The van der Waals surface area contributed by atoms with E-state index in [9.17, 15) is 14.7 Å². The Morgan fingerprint density at radius 2 is 1.67 bits per heavy atom. The van der Waals surface area contributed by atoms with Crippen molar-refractivity contribution in [3.63, 3.8) is 0 Å². The molecule has 0 aliphatic carbocycles. The maximum atomic E-state index is 12.7. The van der Waals surface area contributed by atoms with Crippen molar-refractivity contribution in [2.75, 3.05) is 12.4 Å². The number of aromatic hydroxyl groups is 1. The Labute approximate surface area is 189 Å². The average molecular weight is 440 g/mol. The van der Waals surface area contributed by atoms with Crippen molar-refractivity contribution < 1.29 is 19.4 Å². The number of azo groups is 1. The molecule has 0 fully saturated rings. The number of carbonyl (C=O) groups excluding carboxylic acids is 2. The first kappa shape index (κ1) is 21.5. The fourth-order valence-corrected chi connectivity index (χ4v) is 3.34. The zero-order valence-corrected chi connectivity index (χ0v) is 17.6. The predicted molar refractivity (Wildman–Crippen MR) is 126 cm³/mol. The molecule has 0 heterocycles. The van der Waals surface area contributed by atoms with Gasteiger partial charge in [-0.2, -0.15) is 0 Å². The van der Waals surface area contributed by atoms with Crippen molar-refractivity contribution in [2.24, 2.45) is 16.0 Å². The summed E-state index contributed by atoms with van der Waals surface area (Å²) in [5, 5.41) is 23.1. The van der Waals surface area contributed by atoms with Crippen molar-refractivity contribution in [1.29, 1.82) is 0 Å². The number of hydrogen-bond donors (Lipinski definition) is 3. The normalized spacial score (nSPS) is 10.9. The minimum atomic E-state index is -0.785. The number of methoxy groups -OCH3 is 1. The molecule has 4 aromatic rings. The van der Waals surface area contributed by atoms with Crippen LogP contribution in [0.2, 0.25) is 0 Å². The van der Waals surface area contributed by atoms with Gasteiger partial charge >= 0.3 is 0 Å². The highest BCUT2D eigenvalue weighted by Crippen LogP contribution is 2.40. The largest absolute Gasteiger partial charge is 0.505 e. The first-order chi connectivity index (χ1) is 16.0. The lowest BCUT2D eigenvalue weighted by Crippen LogP contribution is -2.11. The van der Waals surface area contributed by atoms with Crippen LogP contribution < -0.4 is 15.8 Å². The molecule has 0 aliphatic heterocycles. The maximum absolute atomic E-state index is 12.7. The number of carbonyl (C=O) groups is 2. The molecule has 33 heavy (non-hydrogen) atoms. The average Bonchev–Trinajstić information content (AvgIpc) is 2.83. The van der Waals surface area contributed by atoms with Gasteiger partial charge in [0.15, 0.2) is 5.75 Å². The summed E-state index contributed by atoms with van der Waals surface area (Å²) in [5.41, 5.74) is 6.69. The second-order valence-corrected chi connectivity index (χ2v) is 7.11. The number of ether oxygens (including phenoxy) is 1. The smallest absolute Gasteiger partial charge is 0.255 e. The number of anilines is 1. The number of nitrogens with zero attached hydrogens (tertiary/aromatic N) is 2. The zero-order valence-electron chi connectivity index (χ0n) is 17.6. The Balaban J connectivity index is 1.74. The number of fused-ring (bicyclic) bond motifs is 1. The van der Waals surface area contributed by atoms with Crippen LogP contribution >= 0.6 is 0 Å². The summed E-state index contributed by atoms with van der Waals surface area (Å²) in [4.78, 5) is 24.5. The molecule has 0 aromatic heterocycles. The molecule has 0 bridgehead atoms. The van der Waals surface area contributed by atoms with Crippen LogP contribution in [0.15, 0.2) is 89.1 Å².